The molecule has 0 amide bonds. The van der Waals surface area contributed by atoms with Crippen molar-refractivity contribution in [3.05, 3.63) is 46.2 Å². The van der Waals surface area contributed by atoms with Crippen LogP contribution < -0.4 is 5.56 Å². The molecule has 1 atom stereocenters. The summed E-state index contributed by atoms with van der Waals surface area (Å²) in [5.74, 6) is 0.556. The van der Waals surface area contributed by atoms with Crippen molar-refractivity contribution in [2.45, 2.75) is 33.4 Å². The highest BCUT2D eigenvalue weighted by molar-refractivity contribution is 4.99. The number of nitrogens with zero attached hydrogens (tertiary/aromatic N) is 3. The van der Waals surface area contributed by atoms with Gasteiger partial charge in [-0.25, -0.2) is 4.39 Å². The van der Waals surface area contributed by atoms with Crippen molar-refractivity contribution in [3.8, 4) is 0 Å². The van der Waals surface area contributed by atoms with E-state index in [0.717, 1.165) is 18.3 Å². The van der Waals surface area contributed by atoms with Crippen LogP contribution in [0.5, 0.6) is 0 Å². The highest BCUT2D eigenvalue weighted by atomic mass is 19.1. The van der Waals surface area contributed by atoms with E-state index >= 15 is 0 Å². The maximum absolute atomic E-state index is 13.1. The molecule has 0 aliphatic heterocycles. The second-order valence-corrected chi connectivity index (χ2v) is 5.23. The average molecular weight is 295 g/mol. The normalized spacial score (nSPS) is 12.8. The fourth-order valence-corrected chi connectivity index (χ4v) is 1.68. The Morgan fingerprint density at radius 3 is 2.86 bits per heavy atom. The SMILES string of the molecule is CC(C)COC(C)c1noc(Cn2cc(F)ccc2=O)n1. The number of ether oxygens (including phenoxy) is 1. The molecule has 0 aliphatic carbocycles. The molecule has 6 nitrogen and oxygen atoms in total. The Bertz CT molecular complexity index is 651. The Hall–Kier alpha value is -2.02. The predicted octanol–water partition coefficient (Wildman–Crippen LogP) is 2.15. The summed E-state index contributed by atoms with van der Waals surface area (Å²) in [6, 6.07) is 2.26. The average Bonchev–Trinajstić information content (AvgIpc) is 2.89. The molecule has 0 fully saturated rings. The van der Waals surface area contributed by atoms with E-state index in [1.807, 2.05) is 20.8 Å². The van der Waals surface area contributed by atoms with Crippen molar-refractivity contribution in [1.29, 1.82) is 0 Å². The van der Waals surface area contributed by atoms with Crippen LogP contribution in [0.1, 0.15) is 38.6 Å². The van der Waals surface area contributed by atoms with Crippen LogP contribution in [-0.2, 0) is 11.3 Å². The lowest BCUT2D eigenvalue weighted by Crippen LogP contribution is -2.19. The van der Waals surface area contributed by atoms with Crippen molar-refractivity contribution >= 4 is 0 Å². The van der Waals surface area contributed by atoms with E-state index in [9.17, 15) is 9.18 Å². The largest absolute Gasteiger partial charge is 0.370 e. The molecular weight excluding hydrogens is 277 g/mol. The second-order valence-electron chi connectivity index (χ2n) is 5.23. The standard InChI is InChI=1S/C14H18FN3O3/c1-9(2)8-20-10(3)14-16-12(21-17-14)7-18-6-11(15)4-5-13(18)19/h4-6,9-10H,7-8H2,1-3H3. The molecule has 0 saturated heterocycles. The first-order chi connectivity index (χ1) is 9.95. The number of pyridine rings is 1. The Balaban J connectivity index is 2.06. The number of halogens is 1. The quantitative estimate of drug-likeness (QED) is 0.816. The van der Waals surface area contributed by atoms with Crippen LogP contribution >= 0.6 is 0 Å². The molecule has 114 valence electrons. The molecule has 0 radical (unpaired) electrons. The number of hydrogen-bond acceptors (Lipinski definition) is 5. The summed E-state index contributed by atoms with van der Waals surface area (Å²) in [6.45, 7) is 6.54. The molecule has 2 aromatic heterocycles. The van der Waals surface area contributed by atoms with Crippen molar-refractivity contribution in [2.75, 3.05) is 6.61 Å². The lowest BCUT2D eigenvalue weighted by atomic mass is 10.2. The maximum atomic E-state index is 13.1. The minimum Gasteiger partial charge on any atom is -0.370 e. The van der Waals surface area contributed by atoms with Crippen LogP contribution in [0, 0.1) is 11.7 Å². The van der Waals surface area contributed by atoms with Gasteiger partial charge in [0, 0.05) is 18.9 Å². The molecule has 2 aromatic rings. The topological polar surface area (TPSA) is 70.2 Å². The van der Waals surface area contributed by atoms with Crippen molar-refractivity contribution < 1.29 is 13.7 Å². The van der Waals surface area contributed by atoms with Crippen LogP contribution in [0.15, 0.2) is 27.6 Å². The monoisotopic (exact) mass is 295 g/mol. The zero-order chi connectivity index (χ0) is 15.4. The number of hydrogen-bond donors (Lipinski definition) is 0. The van der Waals surface area contributed by atoms with E-state index in [1.54, 1.807) is 0 Å². The third kappa shape index (κ3) is 4.22. The minimum absolute atomic E-state index is 0.0283. The van der Waals surface area contributed by atoms with Gasteiger partial charge >= 0.3 is 0 Å². The Morgan fingerprint density at radius 1 is 1.38 bits per heavy atom. The molecule has 0 bridgehead atoms. The number of rotatable bonds is 6. The van der Waals surface area contributed by atoms with Crippen molar-refractivity contribution in [3.63, 3.8) is 0 Å². The second kappa shape index (κ2) is 6.62. The lowest BCUT2D eigenvalue weighted by molar-refractivity contribution is 0.0402. The van der Waals surface area contributed by atoms with Gasteiger partial charge in [-0.05, 0) is 18.9 Å². The molecular formula is C14H18FN3O3. The van der Waals surface area contributed by atoms with Crippen LogP contribution in [-0.4, -0.2) is 21.3 Å². The Kier molecular flexibility index (Phi) is 4.85. The van der Waals surface area contributed by atoms with E-state index in [4.69, 9.17) is 9.26 Å². The summed E-state index contributed by atoms with van der Waals surface area (Å²) in [7, 11) is 0. The molecule has 7 heteroatoms. The van der Waals surface area contributed by atoms with Gasteiger partial charge in [0.05, 0.1) is 0 Å². The van der Waals surface area contributed by atoms with Gasteiger partial charge < -0.3 is 13.8 Å². The van der Waals surface area contributed by atoms with E-state index < -0.39 is 5.82 Å². The summed E-state index contributed by atoms with van der Waals surface area (Å²) < 4.78 is 24.9. The summed E-state index contributed by atoms with van der Waals surface area (Å²) in [6.07, 6.45) is 0.805. The summed E-state index contributed by atoms with van der Waals surface area (Å²) in [4.78, 5) is 15.7. The van der Waals surface area contributed by atoms with Crippen molar-refractivity contribution in [2.24, 2.45) is 5.92 Å². The van der Waals surface area contributed by atoms with Gasteiger partial charge in [0.2, 0.25) is 5.89 Å². The number of aromatic nitrogens is 3. The van der Waals surface area contributed by atoms with Gasteiger partial charge in [0.1, 0.15) is 18.5 Å². The van der Waals surface area contributed by atoms with Gasteiger partial charge in [-0.15, -0.1) is 0 Å². The first kappa shape index (κ1) is 15.4. The van der Waals surface area contributed by atoms with E-state index in [1.165, 1.54) is 4.57 Å². The maximum Gasteiger partial charge on any atom is 0.251 e. The van der Waals surface area contributed by atoms with Crippen LogP contribution in [0.3, 0.4) is 0 Å². The summed E-state index contributed by atoms with van der Waals surface area (Å²) >= 11 is 0. The molecule has 0 aliphatic rings. The van der Waals surface area contributed by atoms with E-state index in [0.29, 0.717) is 18.3 Å². The Labute approximate surface area is 121 Å². The first-order valence-corrected chi connectivity index (χ1v) is 6.75. The highest BCUT2D eigenvalue weighted by Crippen LogP contribution is 2.14. The molecule has 0 N–H and O–H groups in total. The van der Waals surface area contributed by atoms with Gasteiger partial charge in [0.15, 0.2) is 5.82 Å². The molecule has 21 heavy (non-hydrogen) atoms. The third-order valence-corrected chi connectivity index (χ3v) is 2.78. The summed E-state index contributed by atoms with van der Waals surface area (Å²) in [5, 5.41) is 3.82. The zero-order valence-corrected chi connectivity index (χ0v) is 12.2. The smallest absolute Gasteiger partial charge is 0.251 e. The van der Waals surface area contributed by atoms with Crippen molar-refractivity contribution in [1.82, 2.24) is 14.7 Å². The predicted molar refractivity (Wildman–Crippen MR) is 73.3 cm³/mol. The lowest BCUT2D eigenvalue weighted by Gasteiger charge is -2.10. The van der Waals surface area contributed by atoms with Crippen LogP contribution in [0.25, 0.3) is 0 Å². The van der Waals surface area contributed by atoms with E-state index in [-0.39, 0.29) is 24.1 Å². The molecule has 2 rings (SSSR count). The summed E-state index contributed by atoms with van der Waals surface area (Å²) in [5.41, 5.74) is -0.333. The molecule has 0 saturated carbocycles. The van der Waals surface area contributed by atoms with Crippen LogP contribution in [0.4, 0.5) is 4.39 Å². The minimum atomic E-state index is -0.497. The Morgan fingerprint density at radius 2 is 2.14 bits per heavy atom. The van der Waals surface area contributed by atoms with Gasteiger partial charge in [0.25, 0.3) is 5.56 Å². The molecule has 0 spiro atoms. The van der Waals surface area contributed by atoms with Gasteiger partial charge in [-0.1, -0.05) is 19.0 Å². The molecule has 1 unspecified atom stereocenters. The fourth-order valence-electron chi connectivity index (χ4n) is 1.68. The first-order valence-electron chi connectivity index (χ1n) is 6.75. The highest BCUT2D eigenvalue weighted by Gasteiger charge is 2.15. The molecule has 2 heterocycles. The van der Waals surface area contributed by atoms with E-state index in [2.05, 4.69) is 10.1 Å². The van der Waals surface area contributed by atoms with Crippen LogP contribution in [0.2, 0.25) is 0 Å². The third-order valence-electron chi connectivity index (χ3n) is 2.78. The molecule has 0 aromatic carbocycles. The van der Waals surface area contributed by atoms with Gasteiger partial charge in [-0.3, -0.25) is 4.79 Å². The fraction of sp³-hybridized carbons (Fsp3) is 0.500. The van der Waals surface area contributed by atoms with Gasteiger partial charge in [-0.2, -0.15) is 4.98 Å². The zero-order valence-electron chi connectivity index (χ0n) is 12.2.